The van der Waals surface area contributed by atoms with Gasteiger partial charge >= 0.3 is 17.9 Å². The van der Waals surface area contributed by atoms with Gasteiger partial charge in [0.15, 0.2) is 11.7 Å². The fourth-order valence-electron chi connectivity index (χ4n) is 10.5. The Hall–Kier alpha value is -4.06. The van der Waals surface area contributed by atoms with Gasteiger partial charge in [-0.05, 0) is 95.0 Å². The zero-order chi connectivity index (χ0) is 62.4. The number of nitrogens with two attached hydrogens (primary N) is 1. The summed E-state index contributed by atoms with van der Waals surface area (Å²) in [5, 5.41) is 115. The maximum absolute atomic E-state index is 13.7. The third kappa shape index (κ3) is 28.8. The fraction of sp³-hybridized carbons (Fsp3) is 0.778. The standard InChI is InChI=1S/C63H109N3O17/c1-11-21-46(12-2)38-80-57(75)36-58(76)81-49-30-47(67)32-50-34-55(73)60(77)63(79,83-50)37-56(74)41(5)27-28-51(69)45(9)54(72)35-53(71)40(4)24-20-26-44(8)61(78)82-59(43(7)25-19-23-39(3)52(70)33-48(68)31-49)42(6)22-17-15-13-14-16-18-29-66-62(64)65-10/h13-14,19-20,23-26,40-43,45-56,59-60,67-74,77,79H,11-12,15-18,21-22,27-38H2,1-10H3,(H3,64,65,66)/b14-13+,24-20-,25-19-,39-23-,44-26-. The molecule has 0 saturated carbocycles. The number of unbranched alkanes of at least 4 members (excludes halogenated alkanes) is 2. The Morgan fingerprint density at radius 1 is 0.795 bits per heavy atom. The SMILES string of the molecule is CCCC(CC)COC(=O)CC(=O)OC1CC(O)CC2CC(O)C(O)C(O)(CC(O)C(C)CCC(O)C(C)C(O)CC(O)C(C)/C=C\C=C(\C)C(=O)OC(C(C)CCC/C=C/CCCNC(N)=NC)C(C)/C=C\C=C(\C)C(O)CC(O)C1)O2. The van der Waals surface area contributed by atoms with Crippen LogP contribution >= 0.6 is 0 Å². The summed E-state index contributed by atoms with van der Waals surface area (Å²) in [5.41, 5.74) is 6.51. The summed E-state index contributed by atoms with van der Waals surface area (Å²) >= 11 is 0. The van der Waals surface area contributed by atoms with Crippen molar-refractivity contribution in [2.75, 3.05) is 20.2 Å². The summed E-state index contributed by atoms with van der Waals surface area (Å²) < 4.78 is 23.2. The molecular formula is C63H109N3O17. The average molecular weight is 1180 g/mol. The first-order chi connectivity index (χ1) is 39.1. The zero-order valence-corrected chi connectivity index (χ0v) is 51.5. The number of aliphatic imine (C=N–C) groups is 1. The van der Waals surface area contributed by atoms with Crippen LogP contribution < -0.4 is 11.1 Å². The first-order valence-electron chi connectivity index (χ1n) is 30.5. The van der Waals surface area contributed by atoms with Gasteiger partial charge in [0.1, 0.15) is 24.7 Å². The lowest BCUT2D eigenvalue weighted by molar-refractivity contribution is -0.333. The number of carbonyl (C=O) groups is 3. The number of carbonyl (C=O) groups excluding carboxylic acids is 3. The molecule has 0 aromatic rings. The van der Waals surface area contributed by atoms with E-state index < -0.39 is 128 Å². The number of hydrogen-bond donors (Lipinski definition) is 12. The second-order valence-corrected chi connectivity index (χ2v) is 23.9. The van der Waals surface area contributed by atoms with Crippen LogP contribution in [0.5, 0.6) is 0 Å². The molecule has 2 aliphatic rings. The largest absolute Gasteiger partial charge is 0.465 e. The minimum atomic E-state index is -2.48. The number of nitrogens with zero attached hydrogens (tertiary/aromatic N) is 1. The number of allylic oxidation sites excluding steroid dienone is 6. The van der Waals surface area contributed by atoms with Crippen molar-refractivity contribution in [3.05, 3.63) is 59.8 Å². The smallest absolute Gasteiger partial charge is 0.334 e. The van der Waals surface area contributed by atoms with Crippen LogP contribution in [0.1, 0.15) is 178 Å². The molecule has 2 heterocycles. The van der Waals surface area contributed by atoms with Crippen molar-refractivity contribution in [1.29, 1.82) is 0 Å². The summed E-state index contributed by atoms with van der Waals surface area (Å²) in [4.78, 5) is 43.6. The van der Waals surface area contributed by atoms with E-state index in [-0.39, 0.29) is 75.7 Å². The maximum atomic E-state index is 13.7. The van der Waals surface area contributed by atoms with Crippen molar-refractivity contribution in [2.24, 2.45) is 46.2 Å². The van der Waals surface area contributed by atoms with E-state index >= 15 is 0 Å². The van der Waals surface area contributed by atoms with Crippen molar-refractivity contribution in [3.8, 4) is 0 Å². The second-order valence-electron chi connectivity index (χ2n) is 23.9. The van der Waals surface area contributed by atoms with Crippen LogP contribution in [0.4, 0.5) is 0 Å². The van der Waals surface area contributed by atoms with Crippen LogP contribution in [-0.4, -0.2) is 174 Å². The van der Waals surface area contributed by atoms with Crippen LogP contribution in [0.2, 0.25) is 0 Å². The molecule has 0 spiro atoms. The zero-order valence-electron chi connectivity index (χ0n) is 51.5. The predicted octanol–water partition coefficient (Wildman–Crippen LogP) is 5.66. The van der Waals surface area contributed by atoms with Gasteiger partial charge < -0.3 is 81.1 Å². The van der Waals surface area contributed by atoms with Crippen molar-refractivity contribution in [1.82, 2.24) is 5.32 Å². The summed E-state index contributed by atoms with van der Waals surface area (Å²) in [6.45, 7) is 17.2. The van der Waals surface area contributed by atoms with Gasteiger partial charge in [-0.15, -0.1) is 0 Å². The molecule has 2 bridgehead atoms. The highest BCUT2D eigenvalue weighted by atomic mass is 16.7. The lowest BCUT2D eigenvalue weighted by atomic mass is 9.84. The summed E-state index contributed by atoms with van der Waals surface area (Å²) in [6, 6.07) is 0. The van der Waals surface area contributed by atoms with E-state index in [1.54, 1.807) is 72.0 Å². The molecule has 0 aliphatic carbocycles. The van der Waals surface area contributed by atoms with Crippen molar-refractivity contribution < 1.29 is 84.4 Å². The third-order valence-corrected chi connectivity index (χ3v) is 16.5. The number of fused-ring (bicyclic) bond motifs is 2. The van der Waals surface area contributed by atoms with Gasteiger partial charge in [-0.25, -0.2) is 4.79 Å². The Bertz CT molecular complexity index is 2070. The highest BCUT2D eigenvalue weighted by molar-refractivity contribution is 5.91. The van der Waals surface area contributed by atoms with E-state index in [1.165, 1.54) is 0 Å². The van der Waals surface area contributed by atoms with Crippen molar-refractivity contribution >= 4 is 23.9 Å². The Morgan fingerprint density at radius 2 is 1.43 bits per heavy atom. The molecule has 1 fully saturated rings. The number of esters is 3. The predicted molar refractivity (Wildman–Crippen MR) is 319 cm³/mol. The van der Waals surface area contributed by atoms with Gasteiger partial charge in [-0.3, -0.25) is 14.6 Å². The number of aliphatic hydroxyl groups is 10. The summed E-state index contributed by atoms with van der Waals surface area (Å²) in [7, 11) is 1.63. The topological polar surface area (TPSA) is 341 Å². The first-order valence-corrected chi connectivity index (χ1v) is 30.5. The molecule has 20 nitrogen and oxygen atoms in total. The normalized spacial score (nSPS) is 36.1. The lowest BCUT2D eigenvalue weighted by Gasteiger charge is -2.45. The molecule has 19 unspecified atom stereocenters. The molecular weight excluding hydrogens is 1070 g/mol. The minimum absolute atomic E-state index is 0.0632. The molecule has 19 atom stereocenters. The van der Waals surface area contributed by atoms with E-state index in [0.717, 1.165) is 51.4 Å². The molecule has 83 heavy (non-hydrogen) atoms. The third-order valence-electron chi connectivity index (χ3n) is 16.5. The number of rotatable bonds is 17. The minimum Gasteiger partial charge on any atom is -0.465 e. The van der Waals surface area contributed by atoms with Gasteiger partial charge in [-0.1, -0.05) is 110 Å². The maximum Gasteiger partial charge on any atom is 0.334 e. The fourth-order valence-corrected chi connectivity index (χ4v) is 10.5. The second kappa shape index (κ2) is 39.6. The highest BCUT2D eigenvalue weighted by Crippen LogP contribution is 2.36. The van der Waals surface area contributed by atoms with E-state index in [4.69, 9.17) is 24.7 Å². The molecule has 1 saturated heterocycles. The Morgan fingerprint density at radius 3 is 2.08 bits per heavy atom. The van der Waals surface area contributed by atoms with Gasteiger partial charge in [0.25, 0.3) is 0 Å². The van der Waals surface area contributed by atoms with Crippen molar-refractivity contribution in [3.63, 3.8) is 0 Å². The average Bonchev–Trinajstić information content (AvgIpc) is 3.52. The van der Waals surface area contributed by atoms with Crippen LogP contribution in [0.3, 0.4) is 0 Å². The molecule has 0 aromatic carbocycles. The molecule has 13 N–H and O–H groups in total. The summed E-state index contributed by atoms with van der Waals surface area (Å²) in [5.74, 6) is -6.34. The van der Waals surface area contributed by atoms with E-state index in [1.807, 2.05) is 33.8 Å². The quantitative estimate of drug-likeness (QED) is 0.0159. The Labute approximate surface area is 495 Å². The van der Waals surface area contributed by atoms with E-state index in [2.05, 4.69) is 22.5 Å². The molecule has 20 heteroatoms. The number of aliphatic hydroxyl groups excluding tert-OH is 9. The number of ether oxygens (including phenoxy) is 4. The first kappa shape index (κ1) is 75.0. The number of guanidine groups is 1. The van der Waals surface area contributed by atoms with E-state index in [9.17, 15) is 65.4 Å². The van der Waals surface area contributed by atoms with Gasteiger partial charge in [-0.2, -0.15) is 0 Å². The monoisotopic (exact) mass is 1180 g/mol. The Balaban J connectivity index is 2.49. The number of hydrogen-bond acceptors (Lipinski definition) is 18. The highest BCUT2D eigenvalue weighted by Gasteiger charge is 2.50. The van der Waals surface area contributed by atoms with Gasteiger partial charge in [0, 0.05) is 75.4 Å². The molecule has 478 valence electrons. The Kier molecular flexibility index (Phi) is 35.8. The van der Waals surface area contributed by atoms with Gasteiger partial charge in [0.2, 0.25) is 0 Å². The lowest BCUT2D eigenvalue weighted by Crippen LogP contribution is -2.59. The number of nitrogens with one attached hydrogen (secondary N) is 1. The summed E-state index contributed by atoms with van der Waals surface area (Å²) in [6.07, 6.45) is 4.39. The van der Waals surface area contributed by atoms with Crippen LogP contribution in [-0.2, 0) is 33.3 Å². The molecule has 2 aliphatic heterocycles. The van der Waals surface area contributed by atoms with Crippen LogP contribution in [0, 0.1) is 35.5 Å². The molecule has 0 amide bonds. The van der Waals surface area contributed by atoms with Crippen molar-refractivity contribution in [2.45, 2.75) is 257 Å². The molecule has 0 aromatic heterocycles. The van der Waals surface area contributed by atoms with E-state index in [0.29, 0.717) is 23.7 Å². The molecule has 2 rings (SSSR count). The number of cyclic esters (lactones) is 1. The van der Waals surface area contributed by atoms with Gasteiger partial charge in [0.05, 0.1) is 61.5 Å². The van der Waals surface area contributed by atoms with Crippen LogP contribution in [0.25, 0.3) is 0 Å². The van der Waals surface area contributed by atoms with Crippen LogP contribution in [0.15, 0.2) is 64.7 Å². The molecule has 0 radical (unpaired) electrons.